The van der Waals surface area contributed by atoms with Gasteiger partial charge in [-0.1, -0.05) is 18.2 Å². The third-order valence-electron chi connectivity index (χ3n) is 5.30. The molecule has 0 bridgehead atoms. The van der Waals surface area contributed by atoms with Crippen LogP contribution in [-0.2, 0) is 4.79 Å². The van der Waals surface area contributed by atoms with Crippen LogP contribution >= 0.6 is 0 Å². The van der Waals surface area contributed by atoms with E-state index in [1.165, 1.54) is 35.1 Å². The van der Waals surface area contributed by atoms with Crippen molar-refractivity contribution in [3.05, 3.63) is 83.8 Å². The molecule has 0 saturated carbocycles. The van der Waals surface area contributed by atoms with Crippen LogP contribution < -0.4 is 9.80 Å². The Balaban J connectivity index is 1.88. The van der Waals surface area contributed by atoms with Crippen molar-refractivity contribution >= 4 is 23.2 Å². The Morgan fingerprint density at radius 2 is 1.83 bits per heavy atom. The van der Waals surface area contributed by atoms with Gasteiger partial charge in [-0.15, -0.1) is 0 Å². The van der Waals surface area contributed by atoms with Gasteiger partial charge in [0.15, 0.2) is 5.76 Å². The second-order valence-electron chi connectivity index (χ2n) is 7.30. The number of anilines is 2. The molecule has 0 radical (unpaired) electrons. The molecule has 154 valence electrons. The normalized spacial score (nSPS) is 18.1. The maximum Gasteiger partial charge on any atom is 0.294 e. The maximum atomic E-state index is 15.0. The summed E-state index contributed by atoms with van der Waals surface area (Å²) in [6, 6.07) is 12.8. The van der Waals surface area contributed by atoms with Gasteiger partial charge in [0, 0.05) is 30.3 Å². The molecule has 0 fully saturated rings. The predicted octanol–water partition coefficient (Wildman–Crippen LogP) is 5.09. The number of fused-ring (bicyclic) bond motifs is 1. The molecule has 3 aromatic rings. The van der Waals surface area contributed by atoms with Crippen LogP contribution in [0.5, 0.6) is 0 Å². The second kappa shape index (κ2) is 7.74. The minimum atomic E-state index is -0.863. The minimum Gasteiger partial charge on any atom is -0.459 e. The molecule has 2 aromatic carbocycles. The average Bonchev–Trinajstić information content (AvgIpc) is 3.24. The van der Waals surface area contributed by atoms with Crippen LogP contribution in [0.4, 0.5) is 20.2 Å². The molecule has 2 atom stereocenters. The number of nitrogens with zero attached hydrogens (tertiary/aromatic N) is 2. The van der Waals surface area contributed by atoms with Crippen molar-refractivity contribution in [3.63, 3.8) is 0 Å². The monoisotopic (exact) mass is 410 g/mol. The lowest BCUT2D eigenvalue weighted by molar-refractivity contribution is -0.117. The van der Waals surface area contributed by atoms with Gasteiger partial charge >= 0.3 is 0 Å². The topological polar surface area (TPSA) is 53.8 Å². The Hall–Kier alpha value is -3.48. The quantitative estimate of drug-likeness (QED) is 0.604. The Labute approximate surface area is 172 Å². The molecule has 4 rings (SSSR count). The fourth-order valence-electron chi connectivity index (χ4n) is 4.10. The van der Waals surface area contributed by atoms with Crippen LogP contribution in [0, 0.1) is 11.6 Å². The van der Waals surface area contributed by atoms with Crippen LogP contribution in [0.25, 0.3) is 0 Å². The number of furan rings is 1. The Morgan fingerprint density at radius 3 is 2.47 bits per heavy atom. The molecule has 2 heterocycles. The third kappa shape index (κ3) is 3.36. The zero-order chi connectivity index (χ0) is 21.4. The van der Waals surface area contributed by atoms with Crippen LogP contribution in [0.15, 0.2) is 65.3 Å². The summed E-state index contributed by atoms with van der Waals surface area (Å²) in [5.74, 6) is -2.36. The van der Waals surface area contributed by atoms with Crippen molar-refractivity contribution in [3.8, 4) is 0 Å². The largest absolute Gasteiger partial charge is 0.459 e. The Morgan fingerprint density at radius 1 is 1.10 bits per heavy atom. The van der Waals surface area contributed by atoms with Gasteiger partial charge in [-0.3, -0.25) is 14.5 Å². The molecule has 1 aliphatic rings. The number of hydrogen-bond donors (Lipinski definition) is 0. The van der Waals surface area contributed by atoms with Crippen molar-refractivity contribution in [2.45, 2.75) is 32.4 Å². The summed E-state index contributed by atoms with van der Waals surface area (Å²) in [5, 5.41) is 0. The van der Waals surface area contributed by atoms with Crippen molar-refractivity contribution in [1.29, 1.82) is 0 Å². The zero-order valence-corrected chi connectivity index (χ0v) is 16.5. The highest BCUT2D eigenvalue weighted by molar-refractivity contribution is 6.06. The van der Waals surface area contributed by atoms with E-state index in [4.69, 9.17) is 4.42 Å². The van der Waals surface area contributed by atoms with Crippen LogP contribution in [0.3, 0.4) is 0 Å². The smallest absolute Gasteiger partial charge is 0.294 e. The highest BCUT2D eigenvalue weighted by Gasteiger charge is 2.41. The molecule has 0 spiro atoms. The molecule has 1 aromatic heterocycles. The summed E-state index contributed by atoms with van der Waals surface area (Å²) in [4.78, 5) is 28.4. The van der Waals surface area contributed by atoms with E-state index in [0.29, 0.717) is 12.1 Å². The number of amides is 2. The van der Waals surface area contributed by atoms with E-state index in [1.54, 1.807) is 37.3 Å². The van der Waals surface area contributed by atoms with E-state index in [1.807, 2.05) is 6.07 Å². The summed E-state index contributed by atoms with van der Waals surface area (Å²) < 4.78 is 34.5. The number of benzene rings is 2. The van der Waals surface area contributed by atoms with Crippen molar-refractivity contribution in [2.24, 2.45) is 0 Å². The number of rotatable bonds is 3. The highest BCUT2D eigenvalue weighted by atomic mass is 19.1. The first-order chi connectivity index (χ1) is 14.4. The number of hydrogen-bond acceptors (Lipinski definition) is 3. The first kappa shape index (κ1) is 19.8. The average molecular weight is 410 g/mol. The summed E-state index contributed by atoms with van der Waals surface area (Å²) in [7, 11) is 0. The van der Waals surface area contributed by atoms with Crippen molar-refractivity contribution in [2.75, 3.05) is 9.80 Å². The number of carbonyl (C=O) groups excluding carboxylic acids is 2. The van der Waals surface area contributed by atoms with E-state index in [-0.39, 0.29) is 22.9 Å². The number of carbonyl (C=O) groups is 2. The van der Waals surface area contributed by atoms with E-state index >= 15 is 4.39 Å². The molecular formula is C23H20F2N2O3. The van der Waals surface area contributed by atoms with E-state index in [2.05, 4.69) is 0 Å². The van der Waals surface area contributed by atoms with Gasteiger partial charge in [0.1, 0.15) is 11.6 Å². The van der Waals surface area contributed by atoms with Gasteiger partial charge in [-0.05, 0) is 43.7 Å². The van der Waals surface area contributed by atoms with Crippen LogP contribution in [0.1, 0.15) is 42.4 Å². The number of halogens is 2. The minimum absolute atomic E-state index is 0.0382. The zero-order valence-electron chi connectivity index (χ0n) is 16.5. The van der Waals surface area contributed by atoms with Gasteiger partial charge in [0.25, 0.3) is 5.91 Å². The molecule has 0 N–H and O–H groups in total. The summed E-state index contributed by atoms with van der Waals surface area (Å²) >= 11 is 0. The van der Waals surface area contributed by atoms with Gasteiger partial charge in [-0.25, -0.2) is 8.78 Å². The lowest BCUT2D eigenvalue weighted by Crippen LogP contribution is -2.48. The van der Waals surface area contributed by atoms with Gasteiger partial charge in [0.05, 0.1) is 18.0 Å². The fraction of sp³-hybridized carbons (Fsp3) is 0.217. The van der Waals surface area contributed by atoms with Gasteiger partial charge < -0.3 is 9.32 Å². The molecule has 5 nitrogen and oxygen atoms in total. The predicted molar refractivity (Wildman–Crippen MR) is 108 cm³/mol. The van der Waals surface area contributed by atoms with Crippen molar-refractivity contribution in [1.82, 2.24) is 0 Å². The van der Waals surface area contributed by atoms with Gasteiger partial charge in [-0.2, -0.15) is 0 Å². The van der Waals surface area contributed by atoms with Crippen LogP contribution in [0.2, 0.25) is 0 Å². The molecular weight excluding hydrogens is 390 g/mol. The standard InChI is InChI=1S/C23H20F2N2O3/c1-14-11-20(27(15(2)28)17-7-4-3-5-8-17)18-12-16(24)13-19(25)22(18)26(14)23(29)21-9-6-10-30-21/h3-10,12-14,20H,11H2,1-2H3. The first-order valence-electron chi connectivity index (χ1n) is 9.59. The summed E-state index contributed by atoms with van der Waals surface area (Å²) in [6.07, 6.45) is 1.66. The summed E-state index contributed by atoms with van der Waals surface area (Å²) in [5.41, 5.74) is 0.817. The lowest BCUT2D eigenvalue weighted by Gasteiger charge is -2.43. The molecule has 7 heteroatoms. The Kier molecular flexibility index (Phi) is 5.11. The molecule has 2 amide bonds. The van der Waals surface area contributed by atoms with Crippen molar-refractivity contribution < 1.29 is 22.8 Å². The van der Waals surface area contributed by atoms with E-state index < -0.39 is 29.6 Å². The Bertz CT molecular complexity index is 1080. The number of para-hydroxylation sites is 1. The molecule has 0 aliphatic carbocycles. The lowest BCUT2D eigenvalue weighted by atomic mass is 9.89. The first-order valence-corrected chi connectivity index (χ1v) is 9.59. The molecule has 30 heavy (non-hydrogen) atoms. The molecule has 1 aliphatic heterocycles. The molecule has 0 saturated heterocycles. The van der Waals surface area contributed by atoms with E-state index in [9.17, 15) is 14.0 Å². The van der Waals surface area contributed by atoms with Crippen LogP contribution in [-0.4, -0.2) is 17.9 Å². The molecule has 2 unspecified atom stereocenters. The third-order valence-corrected chi connectivity index (χ3v) is 5.30. The SMILES string of the molecule is CC(=O)N(c1ccccc1)C1CC(C)N(C(=O)c2ccco2)c2c(F)cc(F)cc21. The fourth-order valence-corrected chi connectivity index (χ4v) is 4.10. The van der Waals surface area contributed by atoms with Gasteiger partial charge in [0.2, 0.25) is 5.91 Å². The summed E-state index contributed by atoms with van der Waals surface area (Å²) in [6.45, 7) is 3.18. The highest BCUT2D eigenvalue weighted by Crippen LogP contribution is 2.44. The second-order valence-corrected chi connectivity index (χ2v) is 7.30. The maximum absolute atomic E-state index is 15.0. The van der Waals surface area contributed by atoms with E-state index in [0.717, 1.165) is 6.07 Å².